The second kappa shape index (κ2) is 8.60. The molecular weight excluding hydrogens is 271 g/mol. The average Bonchev–Trinajstić information content (AvgIpc) is 2.37. The molecule has 0 saturated heterocycles. The zero-order valence-corrected chi connectivity index (χ0v) is 13.1. The number of aryl methyl sites for hydroxylation is 1. The van der Waals surface area contributed by atoms with Gasteiger partial charge in [0.1, 0.15) is 11.4 Å². The number of pyridine rings is 1. The molecule has 1 N–H and O–H groups in total. The van der Waals surface area contributed by atoms with Crippen LogP contribution in [-0.4, -0.2) is 23.2 Å². The first-order chi connectivity index (χ1) is 9.88. The van der Waals surface area contributed by atoms with Crippen molar-refractivity contribution in [3.63, 3.8) is 0 Å². The number of unbranched alkanes of at least 4 members (excludes halogenated alkanes) is 3. The number of aromatic nitrogens is 1. The van der Waals surface area contributed by atoms with E-state index in [9.17, 15) is 9.18 Å². The second-order valence-electron chi connectivity index (χ2n) is 6.02. The zero-order valence-electron chi connectivity index (χ0n) is 13.1. The highest BCUT2D eigenvalue weighted by Crippen LogP contribution is 2.09. The molecule has 0 aromatic carbocycles. The summed E-state index contributed by atoms with van der Waals surface area (Å²) in [5.41, 5.74) is 0.0704. The van der Waals surface area contributed by atoms with E-state index in [4.69, 9.17) is 4.74 Å². The fourth-order valence-corrected chi connectivity index (χ4v) is 1.88. The van der Waals surface area contributed by atoms with Crippen LogP contribution >= 0.6 is 0 Å². The third-order valence-electron chi connectivity index (χ3n) is 2.84. The van der Waals surface area contributed by atoms with Crippen LogP contribution in [0.15, 0.2) is 18.3 Å². The summed E-state index contributed by atoms with van der Waals surface area (Å²) in [6, 6.07) is 3.04. The molecule has 1 heterocycles. The van der Waals surface area contributed by atoms with Crippen molar-refractivity contribution in [3.8, 4) is 0 Å². The predicted molar refractivity (Wildman–Crippen MR) is 80.6 cm³/mol. The van der Waals surface area contributed by atoms with Crippen molar-refractivity contribution in [1.29, 1.82) is 0 Å². The summed E-state index contributed by atoms with van der Waals surface area (Å²) in [4.78, 5) is 15.4. The Hall–Kier alpha value is -1.65. The average molecular weight is 296 g/mol. The van der Waals surface area contributed by atoms with E-state index in [0.29, 0.717) is 18.7 Å². The van der Waals surface area contributed by atoms with Gasteiger partial charge in [-0.3, -0.25) is 4.98 Å². The normalized spacial score (nSPS) is 11.2. The lowest BCUT2D eigenvalue weighted by atomic mass is 10.1. The molecule has 1 aromatic heterocycles. The molecule has 0 aliphatic carbocycles. The maximum absolute atomic E-state index is 13.3. The highest BCUT2D eigenvalue weighted by molar-refractivity contribution is 5.67. The monoisotopic (exact) mass is 296 g/mol. The molecule has 0 bridgehead atoms. The number of ether oxygens (including phenoxy) is 1. The smallest absolute Gasteiger partial charge is 0.407 e. The van der Waals surface area contributed by atoms with Crippen LogP contribution < -0.4 is 5.32 Å². The van der Waals surface area contributed by atoms with Gasteiger partial charge in [0.15, 0.2) is 0 Å². The van der Waals surface area contributed by atoms with Crippen LogP contribution in [0.25, 0.3) is 0 Å². The van der Waals surface area contributed by atoms with E-state index in [1.807, 2.05) is 20.8 Å². The lowest BCUT2D eigenvalue weighted by Gasteiger charge is -2.19. The Morgan fingerprint density at radius 3 is 2.67 bits per heavy atom. The molecule has 118 valence electrons. The molecule has 1 aromatic rings. The first kappa shape index (κ1) is 17.4. The molecule has 21 heavy (non-hydrogen) atoms. The lowest BCUT2D eigenvalue weighted by molar-refractivity contribution is 0.0527. The Balaban J connectivity index is 2.03. The van der Waals surface area contributed by atoms with E-state index in [0.717, 1.165) is 25.7 Å². The van der Waals surface area contributed by atoms with Gasteiger partial charge < -0.3 is 10.1 Å². The standard InChI is InChI=1S/C16H25FN2O2/c1-16(2,3)21-15(20)19-11-7-5-4-6-10-14-13(17)9-8-12-18-14/h8-9,12H,4-7,10-11H2,1-3H3,(H,19,20). The van der Waals surface area contributed by atoms with Crippen molar-refractivity contribution in [2.24, 2.45) is 0 Å². The third kappa shape index (κ3) is 8.27. The Morgan fingerprint density at radius 1 is 1.29 bits per heavy atom. The summed E-state index contributed by atoms with van der Waals surface area (Å²) >= 11 is 0. The van der Waals surface area contributed by atoms with Gasteiger partial charge in [0.25, 0.3) is 0 Å². The molecule has 0 fully saturated rings. The van der Waals surface area contributed by atoms with Crippen molar-refractivity contribution in [2.75, 3.05) is 6.54 Å². The minimum absolute atomic E-state index is 0.232. The number of carbonyl (C=O) groups excluding carboxylic acids is 1. The Bertz CT molecular complexity index is 444. The largest absolute Gasteiger partial charge is 0.444 e. The summed E-state index contributed by atoms with van der Waals surface area (Å²) < 4.78 is 18.5. The van der Waals surface area contributed by atoms with Gasteiger partial charge in [-0.2, -0.15) is 0 Å². The number of hydrogen-bond donors (Lipinski definition) is 1. The van der Waals surface area contributed by atoms with E-state index in [-0.39, 0.29) is 11.9 Å². The molecule has 0 spiro atoms. The molecule has 0 unspecified atom stereocenters. The summed E-state index contributed by atoms with van der Waals surface area (Å²) in [5.74, 6) is -0.232. The van der Waals surface area contributed by atoms with Crippen molar-refractivity contribution < 1.29 is 13.9 Å². The number of nitrogens with zero attached hydrogens (tertiary/aromatic N) is 1. The van der Waals surface area contributed by atoms with Gasteiger partial charge in [0, 0.05) is 12.7 Å². The highest BCUT2D eigenvalue weighted by Gasteiger charge is 2.15. The number of nitrogens with one attached hydrogen (secondary N) is 1. The van der Waals surface area contributed by atoms with Gasteiger partial charge in [-0.05, 0) is 52.2 Å². The van der Waals surface area contributed by atoms with Crippen LogP contribution in [0.3, 0.4) is 0 Å². The molecule has 0 radical (unpaired) electrons. The van der Waals surface area contributed by atoms with E-state index in [1.165, 1.54) is 6.07 Å². The minimum atomic E-state index is -0.461. The third-order valence-corrected chi connectivity index (χ3v) is 2.84. The first-order valence-electron chi connectivity index (χ1n) is 7.45. The zero-order chi connectivity index (χ0) is 15.7. The number of halogens is 1. The molecule has 1 amide bonds. The van der Waals surface area contributed by atoms with Crippen LogP contribution in [0, 0.1) is 5.82 Å². The van der Waals surface area contributed by atoms with E-state index >= 15 is 0 Å². The van der Waals surface area contributed by atoms with Crippen molar-refractivity contribution >= 4 is 6.09 Å². The summed E-state index contributed by atoms with van der Waals surface area (Å²) in [5, 5.41) is 2.72. The molecular formula is C16H25FN2O2. The van der Waals surface area contributed by atoms with Crippen LogP contribution in [0.5, 0.6) is 0 Å². The van der Waals surface area contributed by atoms with E-state index < -0.39 is 5.60 Å². The molecule has 0 atom stereocenters. The second-order valence-corrected chi connectivity index (χ2v) is 6.02. The molecule has 0 aliphatic heterocycles. The van der Waals surface area contributed by atoms with Gasteiger partial charge in [0.2, 0.25) is 0 Å². The number of alkyl carbamates (subject to hydrolysis) is 1. The quantitative estimate of drug-likeness (QED) is 0.778. The SMILES string of the molecule is CC(C)(C)OC(=O)NCCCCCCc1ncccc1F. The topological polar surface area (TPSA) is 51.2 Å². The molecule has 0 aliphatic rings. The van der Waals surface area contributed by atoms with Gasteiger partial charge in [0.05, 0.1) is 5.69 Å². The Kier molecular flexibility index (Phi) is 7.12. The van der Waals surface area contributed by atoms with Gasteiger partial charge in [-0.15, -0.1) is 0 Å². The lowest BCUT2D eigenvalue weighted by Crippen LogP contribution is -2.32. The van der Waals surface area contributed by atoms with Gasteiger partial charge in [-0.25, -0.2) is 9.18 Å². The van der Waals surface area contributed by atoms with Crippen molar-refractivity contribution in [1.82, 2.24) is 10.3 Å². The molecule has 4 nitrogen and oxygen atoms in total. The number of rotatable bonds is 7. The maximum Gasteiger partial charge on any atom is 0.407 e. The maximum atomic E-state index is 13.3. The summed E-state index contributed by atoms with van der Waals surface area (Å²) in [6.45, 7) is 6.11. The van der Waals surface area contributed by atoms with Crippen molar-refractivity contribution in [3.05, 3.63) is 29.8 Å². The minimum Gasteiger partial charge on any atom is -0.444 e. The van der Waals surface area contributed by atoms with Crippen LogP contribution in [0.4, 0.5) is 9.18 Å². The first-order valence-corrected chi connectivity index (χ1v) is 7.45. The number of amides is 1. The molecule has 5 heteroatoms. The Morgan fingerprint density at radius 2 is 2.00 bits per heavy atom. The predicted octanol–water partition coefficient (Wildman–Crippen LogP) is 3.85. The van der Waals surface area contributed by atoms with Gasteiger partial charge >= 0.3 is 6.09 Å². The van der Waals surface area contributed by atoms with Gasteiger partial charge in [-0.1, -0.05) is 12.8 Å². The Labute approximate surface area is 126 Å². The number of hydrogen-bond acceptors (Lipinski definition) is 3. The fourth-order valence-electron chi connectivity index (χ4n) is 1.88. The van der Waals surface area contributed by atoms with E-state index in [2.05, 4.69) is 10.3 Å². The number of carbonyl (C=O) groups is 1. The molecule has 1 rings (SSSR count). The van der Waals surface area contributed by atoms with Crippen LogP contribution in [0.2, 0.25) is 0 Å². The summed E-state index contributed by atoms with van der Waals surface area (Å²) in [7, 11) is 0. The highest BCUT2D eigenvalue weighted by atomic mass is 19.1. The molecule has 0 saturated carbocycles. The van der Waals surface area contributed by atoms with Crippen molar-refractivity contribution in [2.45, 2.75) is 58.5 Å². The summed E-state index contributed by atoms with van der Waals surface area (Å²) in [6.07, 6.45) is 5.67. The fraction of sp³-hybridized carbons (Fsp3) is 0.625. The van der Waals surface area contributed by atoms with E-state index in [1.54, 1.807) is 12.3 Å². The van der Waals surface area contributed by atoms with Crippen LogP contribution in [-0.2, 0) is 11.2 Å². The van der Waals surface area contributed by atoms with Crippen LogP contribution in [0.1, 0.15) is 52.1 Å².